The second-order valence-corrected chi connectivity index (χ2v) is 3.20. The van der Waals surface area contributed by atoms with Crippen molar-refractivity contribution in [1.82, 2.24) is 0 Å². The van der Waals surface area contributed by atoms with Crippen molar-refractivity contribution in [2.45, 2.75) is 26.8 Å². The summed E-state index contributed by atoms with van der Waals surface area (Å²) in [6.45, 7) is 4.91. The maximum Gasteiger partial charge on any atom is 0.0178 e. The summed E-state index contributed by atoms with van der Waals surface area (Å²) in [6, 6.07) is 8.43. The maximum absolute atomic E-state index is 5.52. The van der Waals surface area contributed by atoms with Gasteiger partial charge in [0, 0.05) is 6.54 Å². The van der Waals surface area contributed by atoms with E-state index in [4.69, 9.17) is 5.73 Å². The predicted octanol–water partition coefficient (Wildman–Crippen LogP) is 2.96. The quantitative estimate of drug-likeness (QED) is 0.751. The largest absolute Gasteiger partial charge is 0.326 e. The van der Waals surface area contributed by atoms with E-state index in [9.17, 15) is 0 Å². The number of allylic oxidation sites excluding steroid dienone is 2. The number of rotatable bonds is 3. The smallest absolute Gasteiger partial charge is 0.0178 e. The Morgan fingerprint density at radius 3 is 2.38 bits per heavy atom. The van der Waals surface area contributed by atoms with E-state index in [1.165, 1.54) is 16.7 Å². The molecule has 1 heteroatoms. The van der Waals surface area contributed by atoms with Crippen LogP contribution in [0, 0.1) is 0 Å². The molecule has 0 unspecified atom stereocenters. The van der Waals surface area contributed by atoms with Crippen molar-refractivity contribution in [3.63, 3.8) is 0 Å². The second-order valence-electron chi connectivity index (χ2n) is 3.20. The molecule has 0 heterocycles. The lowest BCUT2D eigenvalue weighted by Crippen LogP contribution is -1.95. The molecule has 1 rings (SSSR count). The molecule has 0 bridgehead atoms. The summed E-state index contributed by atoms with van der Waals surface area (Å²) in [5, 5.41) is 0. The van der Waals surface area contributed by atoms with Gasteiger partial charge < -0.3 is 5.73 Å². The highest BCUT2D eigenvalue weighted by Gasteiger charge is 1.94. The molecule has 1 nitrogen and oxygen atoms in total. The van der Waals surface area contributed by atoms with Crippen LogP contribution in [0.1, 0.15) is 31.4 Å². The van der Waals surface area contributed by atoms with Crippen LogP contribution in [0.2, 0.25) is 0 Å². The molecule has 0 amide bonds. The Morgan fingerprint density at radius 2 is 1.92 bits per heavy atom. The lowest BCUT2D eigenvalue weighted by Gasteiger charge is -2.02. The van der Waals surface area contributed by atoms with Gasteiger partial charge in [-0.25, -0.2) is 0 Å². The van der Waals surface area contributed by atoms with Gasteiger partial charge in [0.1, 0.15) is 0 Å². The van der Waals surface area contributed by atoms with Gasteiger partial charge in [0.25, 0.3) is 0 Å². The third-order valence-corrected chi connectivity index (χ3v) is 2.16. The minimum absolute atomic E-state index is 0.622. The summed E-state index contributed by atoms with van der Waals surface area (Å²) in [6.07, 6.45) is 3.32. The van der Waals surface area contributed by atoms with Crippen LogP contribution in [0.15, 0.2) is 30.3 Å². The van der Waals surface area contributed by atoms with Crippen LogP contribution in [-0.2, 0) is 6.54 Å². The van der Waals surface area contributed by atoms with Crippen molar-refractivity contribution in [3.05, 3.63) is 41.5 Å². The zero-order valence-electron chi connectivity index (χ0n) is 8.38. The number of nitrogens with two attached hydrogens (primary N) is 1. The molecule has 13 heavy (non-hydrogen) atoms. The van der Waals surface area contributed by atoms with E-state index in [1.54, 1.807) is 0 Å². The molecule has 0 aliphatic rings. The lowest BCUT2D eigenvalue weighted by atomic mass is 10.0. The highest BCUT2D eigenvalue weighted by molar-refractivity contribution is 5.63. The maximum atomic E-state index is 5.52. The molecule has 0 saturated carbocycles. The van der Waals surface area contributed by atoms with Gasteiger partial charge in [-0.3, -0.25) is 0 Å². The first-order chi connectivity index (χ1) is 6.27. The molecule has 0 atom stereocenters. The number of benzene rings is 1. The Morgan fingerprint density at radius 1 is 1.31 bits per heavy atom. The van der Waals surface area contributed by atoms with Crippen LogP contribution in [0.5, 0.6) is 0 Å². The summed E-state index contributed by atoms with van der Waals surface area (Å²) in [7, 11) is 0. The lowest BCUT2D eigenvalue weighted by molar-refractivity contribution is 1.07. The molecule has 0 radical (unpaired) electrons. The van der Waals surface area contributed by atoms with Gasteiger partial charge in [0.2, 0.25) is 0 Å². The molecule has 0 saturated heterocycles. The summed E-state index contributed by atoms with van der Waals surface area (Å²) < 4.78 is 0. The molecule has 70 valence electrons. The molecule has 1 aromatic carbocycles. The van der Waals surface area contributed by atoms with E-state index in [0.29, 0.717) is 6.54 Å². The van der Waals surface area contributed by atoms with Crippen molar-refractivity contribution >= 4 is 5.57 Å². The van der Waals surface area contributed by atoms with Crippen LogP contribution in [0.25, 0.3) is 5.57 Å². The Bertz CT molecular complexity index is 282. The van der Waals surface area contributed by atoms with Gasteiger partial charge in [-0.05, 0) is 30.0 Å². The van der Waals surface area contributed by atoms with E-state index < -0.39 is 0 Å². The molecule has 0 fully saturated rings. The van der Waals surface area contributed by atoms with E-state index in [1.807, 2.05) is 0 Å². The minimum Gasteiger partial charge on any atom is -0.326 e. The first-order valence-corrected chi connectivity index (χ1v) is 4.74. The van der Waals surface area contributed by atoms with Crippen LogP contribution in [0.4, 0.5) is 0 Å². The first kappa shape index (κ1) is 10.0. The third-order valence-electron chi connectivity index (χ3n) is 2.16. The molecular weight excluding hydrogens is 158 g/mol. The van der Waals surface area contributed by atoms with E-state index in [2.05, 4.69) is 44.2 Å². The van der Waals surface area contributed by atoms with Crippen molar-refractivity contribution in [2.75, 3.05) is 0 Å². The molecule has 0 aliphatic carbocycles. The van der Waals surface area contributed by atoms with Crippen molar-refractivity contribution < 1.29 is 0 Å². The van der Waals surface area contributed by atoms with Gasteiger partial charge >= 0.3 is 0 Å². The average molecular weight is 175 g/mol. The zero-order valence-corrected chi connectivity index (χ0v) is 8.38. The Hall–Kier alpha value is -1.08. The highest BCUT2D eigenvalue weighted by Crippen LogP contribution is 2.14. The van der Waals surface area contributed by atoms with Gasteiger partial charge in [0.15, 0.2) is 0 Å². The molecule has 0 aliphatic heterocycles. The summed E-state index contributed by atoms with van der Waals surface area (Å²) in [4.78, 5) is 0. The summed E-state index contributed by atoms with van der Waals surface area (Å²) >= 11 is 0. The fourth-order valence-electron chi connectivity index (χ4n) is 1.33. The fraction of sp³-hybridized carbons (Fsp3) is 0.333. The zero-order chi connectivity index (χ0) is 9.68. The topological polar surface area (TPSA) is 26.0 Å². The van der Waals surface area contributed by atoms with Crippen molar-refractivity contribution in [3.8, 4) is 0 Å². The van der Waals surface area contributed by atoms with Crippen molar-refractivity contribution in [2.24, 2.45) is 5.73 Å². The summed E-state index contributed by atoms with van der Waals surface area (Å²) in [5.74, 6) is 0. The van der Waals surface area contributed by atoms with E-state index in [0.717, 1.165) is 6.42 Å². The number of hydrogen-bond acceptors (Lipinski definition) is 1. The Kier molecular flexibility index (Phi) is 3.71. The van der Waals surface area contributed by atoms with Gasteiger partial charge in [-0.15, -0.1) is 0 Å². The highest BCUT2D eigenvalue weighted by atomic mass is 14.5. The predicted molar refractivity (Wildman–Crippen MR) is 58.3 cm³/mol. The van der Waals surface area contributed by atoms with Crippen LogP contribution >= 0.6 is 0 Å². The van der Waals surface area contributed by atoms with E-state index in [-0.39, 0.29) is 0 Å². The molecular formula is C12H17N. The monoisotopic (exact) mass is 175 g/mol. The minimum atomic E-state index is 0.622. The fourth-order valence-corrected chi connectivity index (χ4v) is 1.33. The van der Waals surface area contributed by atoms with Crippen molar-refractivity contribution in [1.29, 1.82) is 0 Å². The Balaban J connectivity index is 2.85. The molecule has 2 N–H and O–H groups in total. The third kappa shape index (κ3) is 2.71. The normalized spacial score (nSPS) is 11.8. The van der Waals surface area contributed by atoms with Crippen LogP contribution < -0.4 is 5.73 Å². The number of hydrogen-bond donors (Lipinski definition) is 1. The summed E-state index contributed by atoms with van der Waals surface area (Å²) in [5.41, 5.74) is 9.34. The standard InChI is InChI=1S/C12H17N/c1-3-4-10(2)12-7-5-11(9-13)6-8-12/h4-8H,3,9,13H2,1-2H3. The first-order valence-electron chi connectivity index (χ1n) is 4.74. The van der Waals surface area contributed by atoms with Gasteiger partial charge in [0.05, 0.1) is 0 Å². The van der Waals surface area contributed by atoms with Crippen LogP contribution in [-0.4, -0.2) is 0 Å². The van der Waals surface area contributed by atoms with Crippen LogP contribution in [0.3, 0.4) is 0 Å². The molecule has 1 aromatic rings. The molecule has 0 spiro atoms. The van der Waals surface area contributed by atoms with Gasteiger partial charge in [-0.1, -0.05) is 37.3 Å². The van der Waals surface area contributed by atoms with Gasteiger partial charge in [-0.2, -0.15) is 0 Å². The second kappa shape index (κ2) is 4.83. The van der Waals surface area contributed by atoms with E-state index >= 15 is 0 Å². The molecule has 0 aromatic heterocycles. The Labute approximate surface area is 80.3 Å². The SMILES string of the molecule is CCC=C(C)c1ccc(CN)cc1. The average Bonchev–Trinajstić information content (AvgIpc) is 2.18.